The molecule has 0 aliphatic rings. The molecule has 10 heteroatoms. The molecule has 30 heavy (non-hydrogen) atoms. The second-order valence-corrected chi connectivity index (χ2v) is 8.62. The van der Waals surface area contributed by atoms with E-state index in [1.54, 1.807) is 45.2 Å². The lowest BCUT2D eigenvalue weighted by molar-refractivity contribution is -0.384. The van der Waals surface area contributed by atoms with Crippen LogP contribution in [0.1, 0.15) is 31.9 Å². The van der Waals surface area contributed by atoms with E-state index in [1.807, 2.05) is 0 Å². The van der Waals surface area contributed by atoms with Gasteiger partial charge in [-0.15, -0.1) is 0 Å². The monoisotopic (exact) mass is 435 g/mol. The number of ether oxygens (including phenoxy) is 1. The van der Waals surface area contributed by atoms with Gasteiger partial charge in [-0.2, -0.15) is 0 Å². The second-order valence-electron chi connectivity index (χ2n) is 6.76. The number of amides is 1. The van der Waals surface area contributed by atoms with Crippen molar-refractivity contribution in [2.45, 2.75) is 32.4 Å². The molecule has 0 aliphatic carbocycles. The minimum absolute atomic E-state index is 0.0609. The van der Waals surface area contributed by atoms with Crippen molar-refractivity contribution in [1.29, 1.82) is 0 Å². The first-order valence-corrected chi connectivity index (χ1v) is 11.1. The Kier molecular flexibility index (Phi) is 7.38. The zero-order valence-electron chi connectivity index (χ0n) is 17.2. The first-order valence-electron chi connectivity index (χ1n) is 9.26. The maximum absolute atomic E-state index is 13.0. The number of rotatable bonds is 9. The van der Waals surface area contributed by atoms with E-state index in [0.717, 1.165) is 22.2 Å². The summed E-state index contributed by atoms with van der Waals surface area (Å²) < 4.78 is 31.1. The van der Waals surface area contributed by atoms with Crippen LogP contribution in [0, 0.1) is 10.1 Å². The van der Waals surface area contributed by atoms with Crippen molar-refractivity contribution >= 4 is 27.3 Å². The molecule has 0 saturated carbocycles. The van der Waals surface area contributed by atoms with E-state index < -0.39 is 26.9 Å². The number of hydrogen-bond donors (Lipinski definition) is 1. The first kappa shape index (κ1) is 23.1. The standard InChI is InChI=1S/C20H25N3O6S/c1-5-19(20(24)21-14(2)15-9-11-18(29-3)12-10-15)22(30(4,27)28)16-7-6-8-17(13-16)23(25)26/h6-14,19H,5H2,1-4H3,(H,21,24). The van der Waals surface area contributed by atoms with Crippen molar-refractivity contribution in [1.82, 2.24) is 5.32 Å². The average Bonchev–Trinajstić information content (AvgIpc) is 2.70. The van der Waals surface area contributed by atoms with Crippen LogP contribution in [-0.2, 0) is 14.8 Å². The molecule has 0 fully saturated rings. The van der Waals surface area contributed by atoms with Gasteiger partial charge in [0.25, 0.3) is 5.69 Å². The van der Waals surface area contributed by atoms with Gasteiger partial charge in [0.1, 0.15) is 11.8 Å². The van der Waals surface area contributed by atoms with Gasteiger partial charge in [-0.05, 0) is 37.1 Å². The van der Waals surface area contributed by atoms with Gasteiger partial charge in [-0.25, -0.2) is 8.42 Å². The number of carbonyl (C=O) groups excluding carboxylic acids is 1. The molecular formula is C20H25N3O6S. The summed E-state index contributed by atoms with van der Waals surface area (Å²) in [4.78, 5) is 23.5. The lowest BCUT2D eigenvalue weighted by Gasteiger charge is -2.31. The van der Waals surface area contributed by atoms with Gasteiger partial charge in [0.05, 0.1) is 30.0 Å². The Bertz CT molecular complexity index is 1010. The molecule has 1 N–H and O–H groups in total. The number of benzene rings is 2. The number of sulfonamides is 1. The van der Waals surface area contributed by atoms with E-state index in [1.165, 1.54) is 18.2 Å². The van der Waals surface area contributed by atoms with E-state index in [9.17, 15) is 23.3 Å². The molecule has 9 nitrogen and oxygen atoms in total. The third kappa shape index (κ3) is 5.47. The van der Waals surface area contributed by atoms with Gasteiger partial charge in [-0.3, -0.25) is 19.2 Å². The van der Waals surface area contributed by atoms with E-state index in [-0.39, 0.29) is 23.8 Å². The number of carbonyl (C=O) groups is 1. The summed E-state index contributed by atoms with van der Waals surface area (Å²) in [5, 5.41) is 13.9. The quantitative estimate of drug-likeness (QED) is 0.478. The zero-order valence-corrected chi connectivity index (χ0v) is 18.0. The fraction of sp³-hybridized carbons (Fsp3) is 0.350. The fourth-order valence-corrected chi connectivity index (χ4v) is 4.29. The highest BCUT2D eigenvalue weighted by atomic mass is 32.2. The molecule has 2 atom stereocenters. The summed E-state index contributed by atoms with van der Waals surface area (Å²) in [5.74, 6) is 0.176. The van der Waals surface area contributed by atoms with E-state index in [4.69, 9.17) is 4.74 Å². The highest BCUT2D eigenvalue weighted by Gasteiger charge is 2.32. The van der Waals surface area contributed by atoms with E-state index in [2.05, 4.69) is 5.32 Å². The summed E-state index contributed by atoms with van der Waals surface area (Å²) in [5.41, 5.74) is 0.620. The number of nitrogens with one attached hydrogen (secondary N) is 1. The van der Waals surface area contributed by atoms with Crippen molar-refractivity contribution in [3.63, 3.8) is 0 Å². The maximum Gasteiger partial charge on any atom is 0.271 e. The van der Waals surface area contributed by atoms with Crippen molar-refractivity contribution in [3.05, 3.63) is 64.2 Å². The summed E-state index contributed by atoms with van der Waals surface area (Å²) in [6.45, 7) is 3.46. The van der Waals surface area contributed by atoms with Crippen LogP contribution in [0.5, 0.6) is 5.75 Å². The molecule has 0 aromatic heterocycles. The van der Waals surface area contributed by atoms with Crippen molar-refractivity contribution in [3.8, 4) is 5.75 Å². The lowest BCUT2D eigenvalue weighted by atomic mass is 10.1. The molecule has 0 bridgehead atoms. The average molecular weight is 436 g/mol. The van der Waals surface area contributed by atoms with Crippen LogP contribution in [0.2, 0.25) is 0 Å². The number of methoxy groups -OCH3 is 1. The number of non-ortho nitro benzene ring substituents is 1. The van der Waals surface area contributed by atoms with E-state index >= 15 is 0 Å². The molecule has 2 aromatic rings. The minimum Gasteiger partial charge on any atom is -0.497 e. The minimum atomic E-state index is -3.89. The first-order chi connectivity index (χ1) is 14.1. The van der Waals surface area contributed by atoms with Gasteiger partial charge in [0, 0.05) is 12.1 Å². The number of nitrogens with zero attached hydrogens (tertiary/aromatic N) is 2. The smallest absolute Gasteiger partial charge is 0.271 e. The highest BCUT2D eigenvalue weighted by molar-refractivity contribution is 7.92. The van der Waals surface area contributed by atoms with Gasteiger partial charge < -0.3 is 10.1 Å². The van der Waals surface area contributed by atoms with Gasteiger partial charge in [0.2, 0.25) is 15.9 Å². The Morgan fingerprint density at radius 1 is 1.23 bits per heavy atom. The summed E-state index contributed by atoms with van der Waals surface area (Å²) in [6.07, 6.45) is 1.14. The predicted molar refractivity (Wildman–Crippen MR) is 114 cm³/mol. The number of nitro benzene ring substituents is 1. The third-order valence-electron chi connectivity index (χ3n) is 4.60. The van der Waals surface area contributed by atoms with Gasteiger partial charge in [0.15, 0.2) is 0 Å². The summed E-state index contributed by atoms with van der Waals surface area (Å²) in [7, 11) is -2.34. The normalized spacial score (nSPS) is 13.2. The Morgan fingerprint density at radius 2 is 1.87 bits per heavy atom. The molecule has 2 unspecified atom stereocenters. The molecule has 0 spiro atoms. The largest absolute Gasteiger partial charge is 0.497 e. The van der Waals surface area contributed by atoms with E-state index in [0.29, 0.717) is 5.75 Å². The van der Waals surface area contributed by atoms with Gasteiger partial charge in [-0.1, -0.05) is 25.1 Å². The Morgan fingerprint density at radius 3 is 2.37 bits per heavy atom. The van der Waals surface area contributed by atoms with Crippen molar-refractivity contribution in [2.75, 3.05) is 17.7 Å². The van der Waals surface area contributed by atoms with Gasteiger partial charge >= 0.3 is 0 Å². The van der Waals surface area contributed by atoms with Crippen LogP contribution >= 0.6 is 0 Å². The van der Waals surface area contributed by atoms with Crippen LogP contribution < -0.4 is 14.4 Å². The van der Waals surface area contributed by atoms with Crippen LogP contribution in [0.4, 0.5) is 11.4 Å². The summed E-state index contributed by atoms with van der Waals surface area (Å²) >= 11 is 0. The molecular weight excluding hydrogens is 410 g/mol. The van der Waals surface area contributed by atoms with Crippen LogP contribution in [0.25, 0.3) is 0 Å². The second kappa shape index (κ2) is 9.57. The zero-order chi connectivity index (χ0) is 22.5. The van der Waals surface area contributed by atoms with Crippen LogP contribution in [0.3, 0.4) is 0 Å². The summed E-state index contributed by atoms with van der Waals surface area (Å²) in [6, 6.07) is 10.9. The lowest BCUT2D eigenvalue weighted by Crippen LogP contribution is -2.49. The molecule has 162 valence electrons. The highest BCUT2D eigenvalue weighted by Crippen LogP contribution is 2.27. The SMILES string of the molecule is CCC(C(=O)NC(C)c1ccc(OC)cc1)N(c1cccc([N+](=O)[O-])c1)S(C)(=O)=O. The molecule has 0 saturated heterocycles. The fourth-order valence-electron chi connectivity index (χ4n) is 3.09. The molecule has 0 aliphatic heterocycles. The Labute approximate surface area is 175 Å². The Hall–Kier alpha value is -3.14. The van der Waals surface area contributed by atoms with Crippen LogP contribution in [-0.4, -0.2) is 38.7 Å². The molecule has 1 amide bonds. The van der Waals surface area contributed by atoms with Crippen molar-refractivity contribution < 1.29 is 22.9 Å². The molecule has 2 rings (SSSR count). The maximum atomic E-state index is 13.0. The van der Waals surface area contributed by atoms with Crippen molar-refractivity contribution in [2.24, 2.45) is 0 Å². The Balaban J connectivity index is 2.33. The van der Waals surface area contributed by atoms with Crippen LogP contribution in [0.15, 0.2) is 48.5 Å². The molecule has 2 aromatic carbocycles. The molecule has 0 radical (unpaired) electrons. The number of anilines is 1. The topological polar surface area (TPSA) is 119 Å². The number of hydrogen-bond acceptors (Lipinski definition) is 6. The third-order valence-corrected chi connectivity index (χ3v) is 5.78. The predicted octanol–water partition coefficient (Wildman–Crippen LogP) is 3.03. The molecule has 0 heterocycles. The number of nitro groups is 1.